The Morgan fingerprint density at radius 3 is 2.64 bits per heavy atom. The number of piperidine rings is 1. The molecule has 1 aliphatic heterocycles. The third-order valence-electron chi connectivity index (χ3n) is 2.61. The van der Waals surface area contributed by atoms with E-state index in [9.17, 15) is 0 Å². The predicted molar refractivity (Wildman–Crippen MR) is 63.8 cm³/mol. The maximum absolute atomic E-state index is 6.14. The van der Waals surface area contributed by atoms with Crippen LogP contribution in [0.5, 0.6) is 0 Å². The molecular formula is C11H13BrClN. The van der Waals surface area contributed by atoms with E-state index in [-0.39, 0.29) is 0 Å². The van der Waals surface area contributed by atoms with Gasteiger partial charge in [0.25, 0.3) is 0 Å². The van der Waals surface area contributed by atoms with Gasteiger partial charge < -0.3 is 5.32 Å². The van der Waals surface area contributed by atoms with Crippen molar-refractivity contribution in [2.45, 2.75) is 24.3 Å². The Bertz CT molecular complexity index is 299. The molecule has 76 valence electrons. The summed E-state index contributed by atoms with van der Waals surface area (Å²) in [7, 11) is 0. The Morgan fingerprint density at radius 1 is 1.29 bits per heavy atom. The zero-order chi connectivity index (χ0) is 9.97. The topological polar surface area (TPSA) is 12.0 Å². The maximum Gasteiger partial charge on any atom is 0.0366 e. The Kier molecular flexibility index (Phi) is 3.47. The average molecular weight is 275 g/mol. The van der Waals surface area contributed by atoms with E-state index in [0.717, 1.165) is 23.9 Å². The zero-order valence-corrected chi connectivity index (χ0v) is 10.2. The number of nitrogens with one attached hydrogen (secondary N) is 1. The first-order valence-electron chi connectivity index (χ1n) is 4.88. The van der Waals surface area contributed by atoms with Crippen LogP contribution in [0.4, 0.5) is 0 Å². The van der Waals surface area contributed by atoms with E-state index in [1.807, 2.05) is 0 Å². The predicted octanol–water partition coefficient (Wildman–Crippen LogP) is 3.48. The van der Waals surface area contributed by atoms with Crippen molar-refractivity contribution in [1.29, 1.82) is 0 Å². The van der Waals surface area contributed by atoms with Crippen molar-refractivity contribution < 1.29 is 0 Å². The first kappa shape index (κ1) is 10.5. The minimum absolute atomic E-state index is 0.324. The van der Waals surface area contributed by atoms with E-state index < -0.39 is 0 Å². The van der Waals surface area contributed by atoms with Crippen LogP contribution in [-0.2, 0) is 0 Å². The van der Waals surface area contributed by atoms with Gasteiger partial charge in [-0.25, -0.2) is 0 Å². The highest BCUT2D eigenvalue weighted by atomic mass is 79.9. The highest BCUT2D eigenvalue weighted by Gasteiger charge is 2.20. The first-order chi connectivity index (χ1) is 6.75. The molecule has 1 aromatic carbocycles. The van der Waals surface area contributed by atoms with Crippen molar-refractivity contribution in [1.82, 2.24) is 5.32 Å². The maximum atomic E-state index is 6.14. The molecule has 0 unspecified atom stereocenters. The first-order valence-corrected chi connectivity index (χ1v) is 6.11. The summed E-state index contributed by atoms with van der Waals surface area (Å²) in [6.07, 6.45) is 2.11. The van der Waals surface area contributed by atoms with Gasteiger partial charge in [0, 0.05) is 15.9 Å². The Labute approximate surface area is 98.0 Å². The number of benzene rings is 1. The highest BCUT2D eigenvalue weighted by Crippen LogP contribution is 2.26. The number of hydrogen-bond acceptors (Lipinski definition) is 1. The summed E-state index contributed by atoms with van der Waals surface area (Å²) in [5.74, 6) is 0. The molecule has 0 aromatic heterocycles. The highest BCUT2D eigenvalue weighted by molar-refractivity contribution is 9.10. The average Bonchev–Trinajstić information content (AvgIpc) is 2.19. The van der Waals surface area contributed by atoms with Gasteiger partial charge in [0.05, 0.1) is 0 Å². The van der Waals surface area contributed by atoms with E-state index >= 15 is 0 Å². The number of rotatable bonds is 1. The van der Waals surface area contributed by atoms with Gasteiger partial charge in [-0.2, -0.15) is 0 Å². The Morgan fingerprint density at radius 2 is 2.00 bits per heavy atom. The van der Waals surface area contributed by atoms with Crippen molar-refractivity contribution in [3.05, 3.63) is 34.3 Å². The van der Waals surface area contributed by atoms with Crippen molar-refractivity contribution in [3.63, 3.8) is 0 Å². The van der Waals surface area contributed by atoms with E-state index in [0.29, 0.717) is 11.4 Å². The molecule has 0 aliphatic carbocycles. The van der Waals surface area contributed by atoms with Crippen molar-refractivity contribution in [2.75, 3.05) is 6.54 Å². The molecule has 0 radical (unpaired) electrons. The summed E-state index contributed by atoms with van der Waals surface area (Å²) in [5, 5.41) is 3.81. The molecule has 1 aromatic rings. The fraction of sp³-hybridized carbons (Fsp3) is 0.455. The molecule has 0 saturated carbocycles. The molecule has 1 heterocycles. The Hall–Kier alpha value is -0.0500. The minimum Gasteiger partial charge on any atom is -0.310 e. The largest absolute Gasteiger partial charge is 0.310 e. The number of halogens is 2. The zero-order valence-electron chi connectivity index (χ0n) is 7.84. The summed E-state index contributed by atoms with van der Waals surface area (Å²) >= 11 is 9.58. The minimum atomic E-state index is 0.324. The number of alkyl halides is 1. The molecule has 1 saturated heterocycles. The van der Waals surface area contributed by atoms with Crippen molar-refractivity contribution >= 4 is 27.5 Å². The van der Waals surface area contributed by atoms with E-state index in [1.54, 1.807) is 0 Å². The van der Waals surface area contributed by atoms with Gasteiger partial charge in [0.1, 0.15) is 0 Å². The fourth-order valence-corrected chi connectivity index (χ4v) is 2.37. The molecule has 0 spiro atoms. The molecule has 1 nitrogen and oxygen atoms in total. The lowest BCUT2D eigenvalue weighted by molar-refractivity contribution is 0.417. The van der Waals surface area contributed by atoms with Gasteiger partial charge in [-0.1, -0.05) is 28.1 Å². The van der Waals surface area contributed by atoms with Crippen LogP contribution < -0.4 is 5.32 Å². The summed E-state index contributed by atoms with van der Waals surface area (Å²) in [5.41, 5.74) is 1.33. The van der Waals surface area contributed by atoms with Crippen LogP contribution in [0.15, 0.2) is 28.7 Å². The normalized spacial score (nSPS) is 27.6. The van der Waals surface area contributed by atoms with Crippen LogP contribution in [0.25, 0.3) is 0 Å². The molecular weight excluding hydrogens is 261 g/mol. The van der Waals surface area contributed by atoms with E-state index in [4.69, 9.17) is 11.6 Å². The monoisotopic (exact) mass is 273 g/mol. The van der Waals surface area contributed by atoms with Crippen molar-refractivity contribution in [2.24, 2.45) is 0 Å². The van der Waals surface area contributed by atoms with Gasteiger partial charge in [0.15, 0.2) is 0 Å². The van der Waals surface area contributed by atoms with Gasteiger partial charge in [-0.05, 0) is 37.1 Å². The fourth-order valence-electron chi connectivity index (χ4n) is 1.82. The molecule has 0 bridgehead atoms. The van der Waals surface area contributed by atoms with Gasteiger partial charge in [-0.15, -0.1) is 11.6 Å². The van der Waals surface area contributed by atoms with Crippen LogP contribution in [0.1, 0.15) is 24.4 Å². The SMILES string of the molecule is Cl[C@@H]1CCN[C@H](c2ccc(Br)cc2)C1. The molecule has 14 heavy (non-hydrogen) atoms. The van der Waals surface area contributed by atoms with Gasteiger partial charge in [0.2, 0.25) is 0 Å². The van der Waals surface area contributed by atoms with Gasteiger partial charge >= 0.3 is 0 Å². The molecule has 3 heteroatoms. The second-order valence-corrected chi connectivity index (χ2v) is 5.21. The van der Waals surface area contributed by atoms with Crippen LogP contribution in [0, 0.1) is 0 Å². The smallest absolute Gasteiger partial charge is 0.0366 e. The summed E-state index contributed by atoms with van der Waals surface area (Å²) in [6, 6.07) is 8.89. The second kappa shape index (κ2) is 4.65. The molecule has 2 atom stereocenters. The van der Waals surface area contributed by atoms with Crippen LogP contribution in [0.2, 0.25) is 0 Å². The van der Waals surface area contributed by atoms with Crippen LogP contribution in [-0.4, -0.2) is 11.9 Å². The van der Waals surface area contributed by atoms with Gasteiger partial charge in [-0.3, -0.25) is 0 Å². The number of hydrogen-bond donors (Lipinski definition) is 1. The second-order valence-electron chi connectivity index (χ2n) is 3.68. The molecule has 1 N–H and O–H groups in total. The summed E-state index contributed by atoms with van der Waals surface area (Å²) in [4.78, 5) is 0. The standard InChI is InChI=1S/C11H13BrClN/c12-9-3-1-8(2-4-9)11-7-10(13)5-6-14-11/h1-4,10-11,14H,5-7H2/t10-,11+/m1/s1. The molecule has 1 fully saturated rings. The van der Waals surface area contributed by atoms with E-state index in [1.165, 1.54) is 5.56 Å². The van der Waals surface area contributed by atoms with Crippen LogP contribution >= 0.6 is 27.5 Å². The lowest BCUT2D eigenvalue weighted by atomic mass is 9.97. The molecule has 0 amide bonds. The lowest BCUT2D eigenvalue weighted by Gasteiger charge is -2.27. The molecule has 1 aliphatic rings. The summed E-state index contributed by atoms with van der Waals surface area (Å²) in [6.45, 7) is 1.02. The molecule has 2 rings (SSSR count). The summed E-state index contributed by atoms with van der Waals surface area (Å²) < 4.78 is 1.12. The third-order valence-corrected chi connectivity index (χ3v) is 3.54. The quantitative estimate of drug-likeness (QED) is 0.773. The lowest BCUT2D eigenvalue weighted by Crippen LogP contribution is -2.32. The van der Waals surface area contributed by atoms with Crippen LogP contribution in [0.3, 0.4) is 0 Å². The Balaban J connectivity index is 2.10. The third kappa shape index (κ3) is 2.50. The van der Waals surface area contributed by atoms with Crippen molar-refractivity contribution in [3.8, 4) is 0 Å². The van der Waals surface area contributed by atoms with E-state index in [2.05, 4.69) is 45.5 Å².